The molecule has 1 atom stereocenters. The van der Waals surface area contributed by atoms with Crippen molar-refractivity contribution in [3.05, 3.63) is 65.2 Å². The summed E-state index contributed by atoms with van der Waals surface area (Å²) in [4.78, 5) is 27.1. The van der Waals surface area contributed by atoms with Gasteiger partial charge in [0.15, 0.2) is 0 Å². The lowest BCUT2D eigenvalue weighted by molar-refractivity contribution is -0.139. The number of ketones is 1. The molecular formula is C23H25NO5. The number of carbonyl (C=O) groups excluding carboxylic acids is 2. The normalized spacial score (nSPS) is 18.3. The summed E-state index contributed by atoms with van der Waals surface area (Å²) in [5.41, 5.74) is 0.989. The maximum Gasteiger partial charge on any atom is 0.295 e. The monoisotopic (exact) mass is 395 g/mol. The van der Waals surface area contributed by atoms with Crippen molar-refractivity contribution in [2.24, 2.45) is 0 Å². The van der Waals surface area contributed by atoms with E-state index in [1.165, 1.54) is 17.0 Å². The highest BCUT2D eigenvalue weighted by atomic mass is 16.5. The maximum absolute atomic E-state index is 12.9. The molecule has 1 heterocycles. The number of hydrogen-bond donors (Lipinski definition) is 2. The maximum atomic E-state index is 12.9. The van der Waals surface area contributed by atoms with Gasteiger partial charge in [-0.15, -0.1) is 0 Å². The van der Waals surface area contributed by atoms with Crippen molar-refractivity contribution >= 4 is 17.4 Å². The number of aliphatic hydroxyl groups is 1. The van der Waals surface area contributed by atoms with Crippen LogP contribution in [-0.4, -0.2) is 40.0 Å². The highest BCUT2D eigenvalue weighted by molar-refractivity contribution is 6.46. The van der Waals surface area contributed by atoms with Crippen LogP contribution in [0.2, 0.25) is 0 Å². The van der Waals surface area contributed by atoms with Crippen LogP contribution in [-0.2, 0) is 9.59 Å². The van der Waals surface area contributed by atoms with Crippen LogP contribution >= 0.6 is 0 Å². The molecule has 1 aliphatic rings. The molecule has 1 unspecified atom stereocenters. The van der Waals surface area contributed by atoms with Gasteiger partial charge in [-0.3, -0.25) is 9.59 Å². The second kappa shape index (κ2) is 8.82. The molecule has 0 spiro atoms. The SMILES string of the molecule is CCCCN1C(=O)C(=O)/C(=C(\O)c2cccc(OCC)c2)C1c1cccc(O)c1. The number of aromatic hydroxyl groups is 1. The van der Waals surface area contributed by atoms with Crippen LogP contribution in [0.1, 0.15) is 43.9 Å². The van der Waals surface area contributed by atoms with E-state index in [1.807, 2.05) is 13.8 Å². The van der Waals surface area contributed by atoms with Gasteiger partial charge in [0, 0.05) is 12.1 Å². The van der Waals surface area contributed by atoms with Crippen molar-refractivity contribution in [1.29, 1.82) is 0 Å². The van der Waals surface area contributed by atoms with E-state index in [0.29, 0.717) is 30.0 Å². The molecule has 0 bridgehead atoms. The first-order valence-electron chi connectivity index (χ1n) is 9.78. The van der Waals surface area contributed by atoms with E-state index in [9.17, 15) is 19.8 Å². The Bertz CT molecular complexity index is 950. The largest absolute Gasteiger partial charge is 0.508 e. The summed E-state index contributed by atoms with van der Waals surface area (Å²) in [6.45, 7) is 4.71. The molecule has 6 heteroatoms. The van der Waals surface area contributed by atoms with Gasteiger partial charge in [-0.2, -0.15) is 0 Å². The Morgan fingerprint density at radius 3 is 2.55 bits per heavy atom. The Balaban J connectivity index is 2.15. The summed E-state index contributed by atoms with van der Waals surface area (Å²) >= 11 is 0. The highest BCUT2D eigenvalue weighted by Crippen LogP contribution is 2.40. The predicted molar refractivity (Wildman–Crippen MR) is 110 cm³/mol. The van der Waals surface area contributed by atoms with Crippen molar-refractivity contribution in [3.63, 3.8) is 0 Å². The van der Waals surface area contributed by atoms with Crippen LogP contribution in [0.15, 0.2) is 54.1 Å². The van der Waals surface area contributed by atoms with Gasteiger partial charge in [-0.1, -0.05) is 37.6 Å². The quantitative estimate of drug-likeness (QED) is 0.420. The molecule has 0 radical (unpaired) electrons. The smallest absolute Gasteiger partial charge is 0.295 e. The van der Waals surface area contributed by atoms with Crippen LogP contribution in [0.25, 0.3) is 5.76 Å². The fourth-order valence-corrected chi connectivity index (χ4v) is 3.54. The third-order valence-corrected chi connectivity index (χ3v) is 4.90. The number of ether oxygens (including phenoxy) is 1. The van der Waals surface area contributed by atoms with Gasteiger partial charge in [-0.05, 0) is 43.2 Å². The number of likely N-dealkylation sites (tertiary alicyclic amines) is 1. The van der Waals surface area contributed by atoms with Gasteiger partial charge < -0.3 is 19.8 Å². The van der Waals surface area contributed by atoms with E-state index in [-0.39, 0.29) is 17.1 Å². The Hall–Kier alpha value is -3.28. The van der Waals surface area contributed by atoms with E-state index in [1.54, 1.807) is 36.4 Å². The molecular weight excluding hydrogens is 370 g/mol. The van der Waals surface area contributed by atoms with Crippen molar-refractivity contribution in [3.8, 4) is 11.5 Å². The van der Waals surface area contributed by atoms with Crippen LogP contribution in [0, 0.1) is 0 Å². The predicted octanol–water partition coefficient (Wildman–Crippen LogP) is 4.01. The molecule has 2 aromatic carbocycles. The van der Waals surface area contributed by atoms with Crippen LogP contribution < -0.4 is 4.74 Å². The molecule has 1 fully saturated rings. The van der Waals surface area contributed by atoms with Gasteiger partial charge in [0.25, 0.3) is 11.7 Å². The Morgan fingerprint density at radius 2 is 1.86 bits per heavy atom. The summed E-state index contributed by atoms with van der Waals surface area (Å²) in [6.07, 6.45) is 1.58. The summed E-state index contributed by atoms with van der Waals surface area (Å²) in [7, 11) is 0. The molecule has 1 aliphatic heterocycles. The molecule has 2 N–H and O–H groups in total. The van der Waals surface area contributed by atoms with Gasteiger partial charge in [0.2, 0.25) is 0 Å². The number of aliphatic hydroxyl groups excluding tert-OH is 1. The molecule has 0 aromatic heterocycles. The molecule has 152 valence electrons. The minimum atomic E-state index is -0.760. The molecule has 1 saturated heterocycles. The van der Waals surface area contributed by atoms with Gasteiger partial charge in [-0.25, -0.2) is 0 Å². The molecule has 1 amide bonds. The molecule has 3 rings (SSSR count). The second-order valence-electron chi connectivity index (χ2n) is 6.90. The summed E-state index contributed by atoms with van der Waals surface area (Å²) in [6, 6.07) is 12.4. The summed E-state index contributed by atoms with van der Waals surface area (Å²) in [5, 5.41) is 20.9. The summed E-state index contributed by atoms with van der Waals surface area (Å²) < 4.78 is 5.48. The van der Waals surface area contributed by atoms with Crippen LogP contribution in [0.5, 0.6) is 11.5 Å². The number of unbranched alkanes of at least 4 members (excludes halogenated alkanes) is 1. The molecule has 0 saturated carbocycles. The van der Waals surface area contributed by atoms with Crippen molar-refractivity contribution in [2.45, 2.75) is 32.7 Å². The first kappa shape index (κ1) is 20.5. The number of phenolic OH excluding ortho intramolecular Hbond substituents is 1. The Kier molecular flexibility index (Phi) is 6.22. The second-order valence-corrected chi connectivity index (χ2v) is 6.90. The van der Waals surface area contributed by atoms with Crippen molar-refractivity contribution in [2.75, 3.05) is 13.2 Å². The van der Waals surface area contributed by atoms with E-state index in [4.69, 9.17) is 4.74 Å². The van der Waals surface area contributed by atoms with Crippen molar-refractivity contribution in [1.82, 2.24) is 4.90 Å². The zero-order valence-electron chi connectivity index (χ0n) is 16.6. The Morgan fingerprint density at radius 1 is 1.10 bits per heavy atom. The number of hydrogen-bond acceptors (Lipinski definition) is 5. The molecule has 0 aliphatic carbocycles. The standard InChI is InChI=1S/C23H25NO5/c1-3-5-12-24-20(15-8-6-10-17(25)13-15)19(22(27)23(24)28)21(26)16-9-7-11-18(14-16)29-4-2/h6-11,13-14,20,25-26H,3-5,12H2,1-2H3/b21-19-. The van der Waals surface area contributed by atoms with Crippen LogP contribution in [0.4, 0.5) is 0 Å². The average molecular weight is 395 g/mol. The number of rotatable bonds is 7. The minimum Gasteiger partial charge on any atom is -0.508 e. The third kappa shape index (κ3) is 4.11. The summed E-state index contributed by atoms with van der Waals surface area (Å²) in [5.74, 6) is -1.03. The third-order valence-electron chi connectivity index (χ3n) is 4.90. The zero-order chi connectivity index (χ0) is 21.0. The molecule has 2 aromatic rings. The Labute approximate surface area is 170 Å². The lowest BCUT2D eigenvalue weighted by Gasteiger charge is -2.25. The number of Topliss-reactive ketones (excluding diaryl/α,β-unsaturated/α-hetero) is 1. The molecule has 29 heavy (non-hydrogen) atoms. The number of carbonyl (C=O) groups is 2. The number of amides is 1. The van der Waals surface area contributed by atoms with E-state index in [2.05, 4.69) is 0 Å². The van der Waals surface area contributed by atoms with E-state index >= 15 is 0 Å². The lowest BCUT2D eigenvalue weighted by Crippen LogP contribution is -2.30. The number of phenols is 1. The average Bonchev–Trinajstić information content (AvgIpc) is 2.97. The first-order valence-corrected chi connectivity index (χ1v) is 9.78. The van der Waals surface area contributed by atoms with E-state index < -0.39 is 17.7 Å². The minimum absolute atomic E-state index is 0.0188. The van der Waals surface area contributed by atoms with Crippen molar-refractivity contribution < 1.29 is 24.5 Å². The lowest BCUT2D eigenvalue weighted by atomic mass is 9.95. The first-order chi connectivity index (χ1) is 14.0. The fourth-order valence-electron chi connectivity index (χ4n) is 3.54. The number of nitrogens with zero attached hydrogens (tertiary/aromatic N) is 1. The van der Waals surface area contributed by atoms with Gasteiger partial charge >= 0.3 is 0 Å². The topological polar surface area (TPSA) is 87.1 Å². The zero-order valence-corrected chi connectivity index (χ0v) is 16.6. The van der Waals surface area contributed by atoms with Gasteiger partial charge in [0.1, 0.15) is 17.3 Å². The van der Waals surface area contributed by atoms with E-state index in [0.717, 1.165) is 12.8 Å². The molecule has 6 nitrogen and oxygen atoms in total. The highest BCUT2D eigenvalue weighted by Gasteiger charge is 2.45. The number of benzene rings is 2. The van der Waals surface area contributed by atoms with Crippen LogP contribution in [0.3, 0.4) is 0 Å². The fraction of sp³-hybridized carbons (Fsp3) is 0.304. The van der Waals surface area contributed by atoms with Gasteiger partial charge in [0.05, 0.1) is 18.2 Å².